The van der Waals surface area contributed by atoms with Crippen LogP contribution >= 0.6 is 0 Å². The molecule has 1 fully saturated rings. The van der Waals surface area contributed by atoms with Crippen LogP contribution in [0, 0.1) is 11.3 Å². The molecule has 0 saturated carbocycles. The number of carbonyl (C=O) groups excluding carboxylic acids is 3. The number of rotatable bonds is 5. The van der Waals surface area contributed by atoms with Gasteiger partial charge in [-0.15, -0.1) is 0 Å². The van der Waals surface area contributed by atoms with Gasteiger partial charge in [0.15, 0.2) is 5.78 Å². The Hall–Kier alpha value is -2.48. The average Bonchev–Trinajstić information content (AvgIpc) is 2.67. The number of nitrogens with zero attached hydrogens (tertiary/aromatic N) is 1. The van der Waals surface area contributed by atoms with Gasteiger partial charge in [0.25, 0.3) is 10.0 Å². The highest BCUT2D eigenvalue weighted by molar-refractivity contribution is 7.89. The number of esters is 1. The number of hydrogen-bond donors (Lipinski definition) is 0. The zero-order valence-electron chi connectivity index (χ0n) is 15.0. The van der Waals surface area contributed by atoms with E-state index in [0.29, 0.717) is 6.42 Å². The Balaban J connectivity index is 1.99. The van der Waals surface area contributed by atoms with Crippen molar-refractivity contribution < 1.29 is 27.5 Å². The first kappa shape index (κ1) is 19.3. The molecule has 1 amide bonds. The average molecular weight is 391 g/mol. The minimum absolute atomic E-state index is 0.0157. The summed E-state index contributed by atoms with van der Waals surface area (Å²) < 4.78 is 31.5. The first-order chi connectivity index (χ1) is 12.8. The van der Waals surface area contributed by atoms with Crippen LogP contribution in [0.5, 0.6) is 0 Å². The van der Waals surface area contributed by atoms with Crippen LogP contribution in [0.2, 0.25) is 0 Å². The molecule has 1 heterocycles. The van der Waals surface area contributed by atoms with Gasteiger partial charge in [0.05, 0.1) is 17.4 Å². The van der Waals surface area contributed by atoms with Gasteiger partial charge >= 0.3 is 5.97 Å². The first-order valence-electron chi connectivity index (χ1n) is 8.72. The topological polar surface area (TPSA) is 97.8 Å². The van der Waals surface area contributed by atoms with Crippen LogP contribution in [0.1, 0.15) is 25.7 Å². The molecule has 144 valence electrons. The van der Waals surface area contributed by atoms with Gasteiger partial charge in [-0.1, -0.05) is 24.3 Å². The van der Waals surface area contributed by atoms with E-state index in [0.717, 1.165) is 4.31 Å². The van der Waals surface area contributed by atoms with Gasteiger partial charge < -0.3 is 4.74 Å². The first-order valence-corrected chi connectivity index (χ1v) is 10.2. The van der Waals surface area contributed by atoms with Crippen molar-refractivity contribution in [2.24, 2.45) is 11.3 Å². The lowest BCUT2D eigenvalue weighted by molar-refractivity contribution is -0.146. The van der Waals surface area contributed by atoms with E-state index in [1.165, 1.54) is 31.4 Å². The minimum Gasteiger partial charge on any atom is -0.469 e. The number of allylic oxidation sites excluding steroid dienone is 1. The summed E-state index contributed by atoms with van der Waals surface area (Å²) in [5.74, 6) is -1.49. The fraction of sp³-hybridized carbons (Fsp3) is 0.421. The highest BCUT2D eigenvalue weighted by Gasteiger charge is 2.53. The molecule has 0 radical (unpaired) electrons. The monoisotopic (exact) mass is 391 g/mol. The lowest BCUT2D eigenvalue weighted by Crippen LogP contribution is -2.56. The number of ether oxygens (including phenoxy) is 1. The number of piperidine rings is 1. The Morgan fingerprint density at radius 3 is 2.63 bits per heavy atom. The Kier molecular flexibility index (Phi) is 5.19. The molecule has 2 aliphatic rings. The summed E-state index contributed by atoms with van der Waals surface area (Å²) in [6.45, 7) is 0.0157. The fourth-order valence-electron chi connectivity index (χ4n) is 3.84. The molecule has 0 spiro atoms. The molecule has 27 heavy (non-hydrogen) atoms. The molecule has 1 saturated heterocycles. The Bertz CT molecular complexity index is 892. The normalized spacial score (nSPS) is 25.2. The second kappa shape index (κ2) is 7.26. The number of amides is 1. The van der Waals surface area contributed by atoms with E-state index in [-0.39, 0.29) is 42.4 Å². The summed E-state index contributed by atoms with van der Waals surface area (Å²) in [4.78, 5) is 36.9. The Labute approximate surface area is 158 Å². The van der Waals surface area contributed by atoms with Gasteiger partial charge in [-0.05, 0) is 37.0 Å². The predicted molar refractivity (Wildman–Crippen MR) is 95.9 cm³/mol. The maximum Gasteiger partial charge on any atom is 0.305 e. The van der Waals surface area contributed by atoms with Gasteiger partial charge in [-0.2, -0.15) is 0 Å². The van der Waals surface area contributed by atoms with Crippen LogP contribution in [-0.2, 0) is 29.1 Å². The van der Waals surface area contributed by atoms with Gasteiger partial charge in [-0.3, -0.25) is 14.4 Å². The number of benzene rings is 1. The summed E-state index contributed by atoms with van der Waals surface area (Å²) in [6, 6.07) is 7.76. The number of methoxy groups -OCH3 is 1. The maximum absolute atomic E-state index is 13.3. The third-order valence-electron chi connectivity index (χ3n) is 5.35. The van der Waals surface area contributed by atoms with E-state index in [1.54, 1.807) is 18.2 Å². The van der Waals surface area contributed by atoms with E-state index in [4.69, 9.17) is 0 Å². The lowest BCUT2D eigenvalue weighted by atomic mass is 9.63. The maximum atomic E-state index is 13.3. The van der Waals surface area contributed by atoms with E-state index >= 15 is 0 Å². The third-order valence-corrected chi connectivity index (χ3v) is 7.15. The number of carbonyl (C=O) groups is 3. The van der Waals surface area contributed by atoms with E-state index in [1.807, 2.05) is 0 Å². The molecule has 0 bridgehead atoms. The van der Waals surface area contributed by atoms with Crippen molar-refractivity contribution in [3.63, 3.8) is 0 Å². The molecule has 2 atom stereocenters. The second-order valence-corrected chi connectivity index (χ2v) is 8.66. The molecule has 0 aromatic heterocycles. The lowest BCUT2D eigenvalue weighted by Gasteiger charge is -2.46. The smallest absolute Gasteiger partial charge is 0.305 e. The highest BCUT2D eigenvalue weighted by Crippen LogP contribution is 2.47. The molecule has 3 rings (SSSR count). The molecule has 1 aromatic carbocycles. The van der Waals surface area contributed by atoms with Gasteiger partial charge in [0.1, 0.15) is 0 Å². The number of ketones is 1. The third kappa shape index (κ3) is 3.41. The summed E-state index contributed by atoms with van der Waals surface area (Å²) in [5, 5.41) is 0. The van der Waals surface area contributed by atoms with Gasteiger partial charge in [-0.25, -0.2) is 12.7 Å². The molecule has 1 aliphatic heterocycles. The summed E-state index contributed by atoms with van der Waals surface area (Å²) >= 11 is 0. The van der Waals surface area contributed by atoms with Crippen molar-refractivity contribution in [2.75, 3.05) is 13.7 Å². The van der Waals surface area contributed by atoms with Gasteiger partial charge in [0.2, 0.25) is 5.91 Å². The van der Waals surface area contributed by atoms with Crippen LogP contribution in [0.4, 0.5) is 0 Å². The van der Waals surface area contributed by atoms with Crippen molar-refractivity contribution in [1.29, 1.82) is 0 Å². The van der Waals surface area contributed by atoms with Crippen LogP contribution < -0.4 is 0 Å². The van der Waals surface area contributed by atoms with Crippen LogP contribution in [0.3, 0.4) is 0 Å². The molecule has 0 unspecified atom stereocenters. The standard InChI is InChI=1S/C19H21NO6S/c1-26-17(22)8-11-19-10-7-15(21)13-14(19)9-12-20(18(19)23)27(24,25)16-5-3-2-4-6-16/h2-7,10,14H,8-9,11-13H2,1H3/t14-,19-/m0/s1. The SMILES string of the molecule is COC(=O)CC[C@@]12C=CC(=O)C[C@@H]1CCN(S(=O)(=O)c1ccccc1)C2=O. The molecule has 1 aromatic rings. The molecule has 1 aliphatic carbocycles. The minimum atomic E-state index is -4.01. The number of fused-ring (bicyclic) bond motifs is 1. The van der Waals surface area contributed by atoms with Crippen LogP contribution in [-0.4, -0.2) is 44.0 Å². The zero-order chi connectivity index (χ0) is 19.7. The highest BCUT2D eigenvalue weighted by atomic mass is 32.2. The number of sulfonamides is 1. The Morgan fingerprint density at radius 2 is 1.96 bits per heavy atom. The van der Waals surface area contributed by atoms with Crippen LogP contribution in [0.25, 0.3) is 0 Å². The molecule has 0 N–H and O–H groups in total. The van der Waals surface area contributed by atoms with Crippen LogP contribution in [0.15, 0.2) is 47.4 Å². The van der Waals surface area contributed by atoms with E-state index in [2.05, 4.69) is 4.74 Å². The van der Waals surface area contributed by atoms with E-state index < -0.39 is 27.3 Å². The van der Waals surface area contributed by atoms with Crippen molar-refractivity contribution in [2.45, 2.75) is 30.6 Å². The fourth-order valence-corrected chi connectivity index (χ4v) is 5.33. The van der Waals surface area contributed by atoms with E-state index in [9.17, 15) is 22.8 Å². The second-order valence-electron chi connectivity index (χ2n) is 6.80. The molecular formula is C19H21NO6S. The quantitative estimate of drug-likeness (QED) is 0.709. The molecular weight excluding hydrogens is 370 g/mol. The predicted octanol–water partition coefficient (Wildman–Crippen LogP) is 1.69. The van der Waals surface area contributed by atoms with Crippen molar-refractivity contribution in [3.05, 3.63) is 42.5 Å². The van der Waals surface area contributed by atoms with Crippen molar-refractivity contribution in [3.8, 4) is 0 Å². The summed E-state index contributed by atoms with van der Waals surface area (Å²) in [5.41, 5.74) is -1.19. The summed E-state index contributed by atoms with van der Waals surface area (Å²) in [7, 11) is -2.75. The van der Waals surface area contributed by atoms with Crippen molar-refractivity contribution >= 4 is 27.7 Å². The molecule has 7 nitrogen and oxygen atoms in total. The summed E-state index contributed by atoms with van der Waals surface area (Å²) in [6.07, 6.45) is 3.42. The van der Waals surface area contributed by atoms with Crippen molar-refractivity contribution in [1.82, 2.24) is 4.31 Å². The zero-order valence-corrected chi connectivity index (χ0v) is 15.8. The molecule has 8 heteroatoms. The number of hydrogen-bond acceptors (Lipinski definition) is 6. The Morgan fingerprint density at radius 1 is 1.26 bits per heavy atom. The largest absolute Gasteiger partial charge is 0.469 e. The van der Waals surface area contributed by atoms with Gasteiger partial charge in [0, 0.05) is 19.4 Å².